The van der Waals surface area contributed by atoms with Crippen LogP contribution in [0.5, 0.6) is 0 Å². The molecule has 31 valence electrons. The van der Waals surface area contributed by atoms with Gasteiger partial charge in [0.25, 0.3) is 0 Å². The summed E-state index contributed by atoms with van der Waals surface area (Å²) in [5.41, 5.74) is 0. The van der Waals surface area contributed by atoms with Crippen LogP contribution in [-0.4, -0.2) is 29.5 Å². The van der Waals surface area contributed by atoms with Crippen molar-refractivity contribution in [3.8, 4) is 0 Å². The number of hydrazine groups is 1. The summed E-state index contributed by atoms with van der Waals surface area (Å²) in [7, 11) is 5.61. The zero-order valence-corrected chi connectivity index (χ0v) is 5.07. The van der Waals surface area contributed by atoms with Crippen LogP contribution in [0.25, 0.3) is 0 Å². The molecule has 0 aliphatic rings. The van der Waals surface area contributed by atoms with Crippen LogP contribution in [0.15, 0.2) is 0 Å². The van der Waals surface area contributed by atoms with E-state index in [1.54, 1.807) is 10.4 Å². The summed E-state index contributed by atoms with van der Waals surface area (Å²) in [5, 5.41) is 4.78. The van der Waals surface area contributed by atoms with Gasteiger partial charge in [-0.1, -0.05) is 0 Å². The van der Waals surface area contributed by atoms with Crippen molar-refractivity contribution < 1.29 is 0 Å². The topological polar surface area (TPSA) is 15.3 Å². The molecule has 5 heavy (non-hydrogen) atoms. The van der Waals surface area contributed by atoms with E-state index in [4.69, 9.17) is 0 Å². The number of rotatable bonds is 1. The van der Waals surface area contributed by atoms with Crippen molar-refractivity contribution in [2.24, 2.45) is 0 Å². The van der Waals surface area contributed by atoms with Crippen molar-refractivity contribution in [3.05, 3.63) is 0 Å². The third-order valence-corrected chi connectivity index (χ3v) is 0.949. The smallest absolute Gasteiger partial charge is 0.114 e. The zero-order chi connectivity index (χ0) is 4.28. The molecule has 0 aliphatic carbocycles. The first kappa shape index (κ1) is 5.14. The Hall–Kier alpha value is 0.137. The Balaban J connectivity index is 2.54. The molecule has 0 bridgehead atoms. The van der Waals surface area contributed by atoms with Crippen LogP contribution in [-0.2, 0) is 0 Å². The second-order valence-corrected chi connectivity index (χ2v) is 1.37. The van der Waals surface area contributed by atoms with Crippen LogP contribution in [0, 0.1) is 0 Å². The van der Waals surface area contributed by atoms with Gasteiger partial charge >= 0.3 is 0 Å². The number of hydrogen-bond acceptors (Lipinski definition) is 2. The predicted molar refractivity (Wildman–Crippen MR) is 25.4 cm³/mol. The lowest BCUT2D eigenvalue weighted by Crippen LogP contribution is -2.26. The lowest BCUT2D eigenvalue weighted by Gasteiger charge is -2.03. The summed E-state index contributed by atoms with van der Waals surface area (Å²) in [4.78, 5) is 0. The fourth-order valence-electron chi connectivity index (χ4n) is 0. The summed E-state index contributed by atoms with van der Waals surface area (Å²) in [6.07, 6.45) is 0. The van der Waals surface area contributed by atoms with E-state index in [1.807, 2.05) is 19.1 Å². The van der Waals surface area contributed by atoms with Crippen molar-refractivity contribution in [2.45, 2.75) is 0 Å². The molecule has 1 radical (unpaired) electrons. The van der Waals surface area contributed by atoms with Gasteiger partial charge in [-0.25, -0.2) is 0 Å². The number of nitrogens with zero attached hydrogens (tertiary/aromatic N) is 1. The van der Waals surface area contributed by atoms with Gasteiger partial charge in [-0.15, -0.1) is 0 Å². The standard InChI is InChI=1S/C2H9N2Si/c1-4(2)3-5/h3H,5H2,1-2H3. The van der Waals surface area contributed by atoms with Crippen molar-refractivity contribution in [2.75, 3.05) is 14.1 Å². The SMILES string of the molecule is CN(C)N[SiH2]. The van der Waals surface area contributed by atoms with Gasteiger partial charge in [0.2, 0.25) is 0 Å². The normalized spacial score (nSPS) is 9.60. The van der Waals surface area contributed by atoms with Crippen molar-refractivity contribution >= 4 is 10.4 Å². The molecular weight excluding hydrogens is 80.1 g/mol. The lowest BCUT2D eigenvalue weighted by molar-refractivity contribution is 0.377. The fourth-order valence-corrected chi connectivity index (χ4v) is 0. The summed E-state index contributed by atoms with van der Waals surface area (Å²) < 4.78 is 0. The third-order valence-electron chi connectivity index (χ3n) is 0.316. The summed E-state index contributed by atoms with van der Waals surface area (Å²) in [6.45, 7) is 0. The van der Waals surface area contributed by atoms with E-state index in [1.165, 1.54) is 0 Å². The highest BCUT2D eigenvalue weighted by molar-refractivity contribution is 6.03. The molecule has 0 aromatic rings. The molecule has 2 nitrogen and oxygen atoms in total. The average molecular weight is 89.2 g/mol. The van der Waals surface area contributed by atoms with E-state index in [2.05, 4.69) is 5.09 Å². The van der Waals surface area contributed by atoms with Crippen molar-refractivity contribution in [1.82, 2.24) is 10.1 Å². The molecule has 0 spiro atoms. The van der Waals surface area contributed by atoms with E-state index in [-0.39, 0.29) is 0 Å². The Morgan fingerprint density at radius 1 is 1.60 bits per heavy atom. The minimum absolute atomic E-state index is 1.71. The Bertz CT molecular complexity index is 21.6. The first-order valence-electron chi connectivity index (χ1n) is 1.47. The molecule has 0 amide bonds. The van der Waals surface area contributed by atoms with Gasteiger partial charge in [-0.05, 0) is 0 Å². The van der Waals surface area contributed by atoms with Gasteiger partial charge in [-0.3, -0.25) is 10.1 Å². The fraction of sp³-hybridized carbons (Fsp3) is 1.00. The van der Waals surface area contributed by atoms with Gasteiger partial charge in [0, 0.05) is 14.1 Å². The van der Waals surface area contributed by atoms with Gasteiger partial charge in [-0.2, -0.15) is 0 Å². The van der Waals surface area contributed by atoms with Crippen molar-refractivity contribution in [3.63, 3.8) is 0 Å². The molecular formula is C2H9N2Si. The van der Waals surface area contributed by atoms with Crippen LogP contribution >= 0.6 is 0 Å². The van der Waals surface area contributed by atoms with Crippen LogP contribution in [0.1, 0.15) is 0 Å². The molecule has 0 aliphatic heterocycles. The molecule has 0 unspecified atom stereocenters. The second kappa shape index (κ2) is 2.38. The molecule has 3 heteroatoms. The molecule has 0 saturated heterocycles. The quantitative estimate of drug-likeness (QED) is 0.314. The number of hydrogen-bond donors (Lipinski definition) is 1. The summed E-state index contributed by atoms with van der Waals surface area (Å²) in [5.74, 6) is 0. The highest BCUT2D eigenvalue weighted by Gasteiger charge is 1.68. The van der Waals surface area contributed by atoms with Gasteiger partial charge in [0.15, 0.2) is 0 Å². The molecule has 0 atom stereocenters. The van der Waals surface area contributed by atoms with E-state index in [0.29, 0.717) is 0 Å². The maximum Gasteiger partial charge on any atom is 0.114 e. The van der Waals surface area contributed by atoms with E-state index in [9.17, 15) is 0 Å². The largest absolute Gasteiger partial charge is 0.286 e. The highest BCUT2D eigenvalue weighted by Crippen LogP contribution is 1.48. The Labute approximate surface area is 35.6 Å². The number of nitrogens with one attached hydrogen (secondary N) is 1. The Morgan fingerprint density at radius 3 is 1.80 bits per heavy atom. The lowest BCUT2D eigenvalue weighted by atomic mass is 11.2. The van der Waals surface area contributed by atoms with E-state index in [0.717, 1.165) is 0 Å². The molecule has 0 aromatic carbocycles. The zero-order valence-electron chi connectivity index (χ0n) is 3.65. The molecule has 0 saturated carbocycles. The monoisotopic (exact) mass is 89.1 g/mol. The maximum atomic E-state index is 2.89. The van der Waals surface area contributed by atoms with Gasteiger partial charge in [0.05, 0.1) is 0 Å². The van der Waals surface area contributed by atoms with Gasteiger partial charge in [0.1, 0.15) is 10.4 Å². The highest BCUT2D eigenvalue weighted by atomic mass is 28.2. The second-order valence-electron chi connectivity index (χ2n) is 1.05. The predicted octanol–water partition coefficient (Wildman–Crippen LogP) is -1.40. The van der Waals surface area contributed by atoms with Crippen LogP contribution in [0.4, 0.5) is 0 Å². The first-order valence-corrected chi connectivity index (χ1v) is 2.18. The third kappa shape index (κ3) is 4.14. The van der Waals surface area contributed by atoms with Crippen LogP contribution < -0.4 is 5.09 Å². The summed E-state index contributed by atoms with van der Waals surface area (Å²) >= 11 is 0. The molecule has 0 heterocycles. The van der Waals surface area contributed by atoms with E-state index < -0.39 is 0 Å². The first-order chi connectivity index (χ1) is 2.27. The molecule has 0 rings (SSSR count). The average Bonchev–Trinajstić information content (AvgIpc) is 1.38. The Kier molecular flexibility index (Phi) is 2.44. The van der Waals surface area contributed by atoms with Crippen molar-refractivity contribution in [1.29, 1.82) is 0 Å². The summed E-state index contributed by atoms with van der Waals surface area (Å²) in [6, 6.07) is 0. The molecule has 1 N–H and O–H groups in total. The minimum Gasteiger partial charge on any atom is -0.286 e. The van der Waals surface area contributed by atoms with Crippen LogP contribution in [0.2, 0.25) is 0 Å². The van der Waals surface area contributed by atoms with Gasteiger partial charge < -0.3 is 0 Å². The molecule has 0 fully saturated rings. The maximum absolute atomic E-state index is 2.89. The molecule has 0 aromatic heterocycles. The minimum atomic E-state index is 1.71. The van der Waals surface area contributed by atoms with Crippen LogP contribution in [0.3, 0.4) is 0 Å². The Morgan fingerprint density at radius 2 is 1.80 bits per heavy atom. The van der Waals surface area contributed by atoms with E-state index >= 15 is 0 Å².